The van der Waals surface area contributed by atoms with Crippen molar-refractivity contribution in [2.24, 2.45) is 5.92 Å². The Kier molecular flexibility index (Phi) is 4.57. The molecular formula is C20H20BrN3O. The molecular weight excluding hydrogens is 378 g/mol. The fourth-order valence-corrected chi connectivity index (χ4v) is 3.96. The van der Waals surface area contributed by atoms with E-state index >= 15 is 0 Å². The molecule has 0 bridgehead atoms. The van der Waals surface area contributed by atoms with E-state index in [0.29, 0.717) is 5.92 Å². The van der Waals surface area contributed by atoms with E-state index in [9.17, 15) is 4.79 Å². The lowest BCUT2D eigenvalue weighted by molar-refractivity contribution is 0.0683. The Morgan fingerprint density at radius 3 is 2.72 bits per heavy atom. The minimum Gasteiger partial charge on any atom is -0.339 e. The number of imidazole rings is 1. The average Bonchev–Trinajstić information content (AvgIpc) is 3.05. The van der Waals surface area contributed by atoms with Crippen LogP contribution in [-0.2, 0) is 6.54 Å². The van der Waals surface area contributed by atoms with Gasteiger partial charge in [0.05, 0.1) is 17.4 Å². The van der Waals surface area contributed by atoms with Crippen LogP contribution in [0.25, 0.3) is 11.0 Å². The molecule has 0 atom stereocenters. The minimum atomic E-state index is 0.132. The van der Waals surface area contributed by atoms with Crippen LogP contribution in [0.5, 0.6) is 0 Å². The predicted octanol–water partition coefficient (Wildman–Crippen LogP) is 4.35. The number of fused-ring (bicyclic) bond motifs is 1. The number of hydrogen-bond acceptors (Lipinski definition) is 2. The molecule has 5 heteroatoms. The van der Waals surface area contributed by atoms with Crippen molar-refractivity contribution in [3.8, 4) is 0 Å². The Morgan fingerprint density at radius 2 is 1.92 bits per heavy atom. The third-order valence-electron chi connectivity index (χ3n) is 4.96. The molecule has 2 heterocycles. The Balaban J connectivity index is 1.39. The summed E-state index contributed by atoms with van der Waals surface area (Å²) < 4.78 is 3.19. The van der Waals surface area contributed by atoms with Crippen molar-refractivity contribution in [1.29, 1.82) is 0 Å². The molecule has 2 aromatic carbocycles. The topological polar surface area (TPSA) is 38.1 Å². The standard InChI is InChI=1S/C20H20BrN3O/c21-17-5-3-4-16(12-17)20(25)23-10-8-15(9-11-23)13-24-14-22-18-6-1-2-7-19(18)24/h1-7,12,14-15H,8-11,13H2. The maximum absolute atomic E-state index is 12.6. The van der Waals surface area contributed by atoms with E-state index in [1.807, 2.05) is 47.6 Å². The normalized spacial score (nSPS) is 15.6. The second-order valence-corrected chi connectivity index (χ2v) is 7.55. The van der Waals surface area contributed by atoms with E-state index in [4.69, 9.17) is 0 Å². The van der Waals surface area contributed by atoms with Gasteiger partial charge in [0, 0.05) is 29.7 Å². The molecule has 25 heavy (non-hydrogen) atoms. The molecule has 1 aliphatic heterocycles. The summed E-state index contributed by atoms with van der Waals surface area (Å²) in [6.45, 7) is 2.62. The van der Waals surface area contributed by atoms with Gasteiger partial charge in [-0.2, -0.15) is 0 Å². The molecule has 0 spiro atoms. The number of aromatic nitrogens is 2. The molecule has 0 aliphatic carbocycles. The van der Waals surface area contributed by atoms with Gasteiger partial charge in [-0.25, -0.2) is 4.98 Å². The second kappa shape index (κ2) is 7.00. The summed E-state index contributed by atoms with van der Waals surface area (Å²) in [5.41, 5.74) is 2.99. The molecule has 4 nitrogen and oxygen atoms in total. The first-order chi connectivity index (χ1) is 12.2. The molecule has 4 rings (SSSR count). The van der Waals surface area contributed by atoms with Gasteiger partial charge in [0.1, 0.15) is 0 Å². The molecule has 128 valence electrons. The average molecular weight is 398 g/mol. The summed E-state index contributed by atoms with van der Waals surface area (Å²) in [5.74, 6) is 0.719. The number of carbonyl (C=O) groups excluding carboxylic acids is 1. The van der Waals surface area contributed by atoms with Gasteiger partial charge in [-0.05, 0) is 49.1 Å². The number of amides is 1. The maximum atomic E-state index is 12.6. The first-order valence-electron chi connectivity index (χ1n) is 8.65. The van der Waals surface area contributed by atoms with Gasteiger partial charge >= 0.3 is 0 Å². The zero-order valence-corrected chi connectivity index (χ0v) is 15.5. The number of hydrogen-bond donors (Lipinski definition) is 0. The van der Waals surface area contributed by atoms with Gasteiger partial charge in [-0.3, -0.25) is 4.79 Å². The smallest absolute Gasteiger partial charge is 0.253 e. The number of benzene rings is 2. The highest BCUT2D eigenvalue weighted by Gasteiger charge is 2.24. The van der Waals surface area contributed by atoms with Gasteiger partial charge in [0.2, 0.25) is 0 Å². The number of piperidine rings is 1. The Morgan fingerprint density at radius 1 is 1.12 bits per heavy atom. The first kappa shape index (κ1) is 16.3. The highest BCUT2D eigenvalue weighted by Crippen LogP contribution is 2.23. The monoisotopic (exact) mass is 397 g/mol. The number of carbonyl (C=O) groups is 1. The Labute approximate surface area is 155 Å². The van der Waals surface area contributed by atoms with E-state index in [2.05, 4.69) is 37.6 Å². The first-order valence-corrected chi connectivity index (χ1v) is 9.45. The van der Waals surface area contributed by atoms with Gasteiger partial charge in [0.15, 0.2) is 0 Å². The van der Waals surface area contributed by atoms with Crippen molar-refractivity contribution in [1.82, 2.24) is 14.5 Å². The van der Waals surface area contributed by atoms with Crippen LogP contribution in [0.4, 0.5) is 0 Å². The number of para-hydroxylation sites is 2. The van der Waals surface area contributed by atoms with E-state index in [1.54, 1.807) is 0 Å². The van der Waals surface area contributed by atoms with Crippen LogP contribution in [0.3, 0.4) is 0 Å². The van der Waals surface area contributed by atoms with Gasteiger partial charge in [-0.1, -0.05) is 34.1 Å². The Bertz CT molecular complexity index is 897. The molecule has 0 saturated carbocycles. The fraction of sp³-hybridized carbons (Fsp3) is 0.300. The quantitative estimate of drug-likeness (QED) is 0.658. The van der Waals surface area contributed by atoms with Crippen molar-refractivity contribution < 1.29 is 4.79 Å². The van der Waals surface area contributed by atoms with Crippen molar-refractivity contribution in [3.05, 3.63) is 64.9 Å². The lowest BCUT2D eigenvalue weighted by Gasteiger charge is -2.32. The summed E-state index contributed by atoms with van der Waals surface area (Å²) in [5, 5.41) is 0. The molecule has 0 radical (unpaired) electrons. The predicted molar refractivity (Wildman–Crippen MR) is 103 cm³/mol. The Hall–Kier alpha value is -2.14. The molecule has 3 aromatic rings. The highest BCUT2D eigenvalue weighted by molar-refractivity contribution is 9.10. The van der Waals surface area contributed by atoms with E-state index in [-0.39, 0.29) is 5.91 Å². The summed E-state index contributed by atoms with van der Waals surface area (Å²) in [7, 11) is 0. The van der Waals surface area contributed by atoms with E-state index < -0.39 is 0 Å². The summed E-state index contributed by atoms with van der Waals surface area (Å²) in [6.07, 6.45) is 4.00. The van der Waals surface area contributed by atoms with Crippen LogP contribution in [0, 0.1) is 5.92 Å². The number of halogens is 1. The highest BCUT2D eigenvalue weighted by atomic mass is 79.9. The van der Waals surface area contributed by atoms with Crippen molar-refractivity contribution in [3.63, 3.8) is 0 Å². The van der Waals surface area contributed by atoms with Gasteiger partial charge in [0.25, 0.3) is 5.91 Å². The second-order valence-electron chi connectivity index (χ2n) is 6.63. The summed E-state index contributed by atoms with van der Waals surface area (Å²) in [4.78, 5) is 19.1. The zero-order valence-electron chi connectivity index (χ0n) is 13.9. The molecule has 1 fully saturated rings. The van der Waals surface area contributed by atoms with Crippen LogP contribution in [0.2, 0.25) is 0 Å². The lowest BCUT2D eigenvalue weighted by atomic mass is 9.96. The third-order valence-corrected chi connectivity index (χ3v) is 5.45. The van der Waals surface area contributed by atoms with E-state index in [0.717, 1.165) is 48.0 Å². The van der Waals surface area contributed by atoms with Crippen LogP contribution in [0.1, 0.15) is 23.2 Å². The van der Waals surface area contributed by atoms with Crippen LogP contribution in [-0.4, -0.2) is 33.4 Å². The molecule has 0 unspecified atom stereocenters. The van der Waals surface area contributed by atoms with Crippen LogP contribution < -0.4 is 0 Å². The molecule has 1 aromatic heterocycles. The van der Waals surface area contributed by atoms with Crippen LogP contribution in [0.15, 0.2) is 59.3 Å². The molecule has 1 amide bonds. The van der Waals surface area contributed by atoms with Crippen molar-refractivity contribution in [2.75, 3.05) is 13.1 Å². The largest absolute Gasteiger partial charge is 0.339 e. The lowest BCUT2D eigenvalue weighted by Crippen LogP contribution is -2.39. The van der Waals surface area contributed by atoms with E-state index in [1.165, 1.54) is 5.52 Å². The van der Waals surface area contributed by atoms with Crippen molar-refractivity contribution >= 4 is 32.9 Å². The molecule has 0 N–H and O–H groups in total. The number of rotatable bonds is 3. The van der Waals surface area contributed by atoms with Crippen LogP contribution >= 0.6 is 15.9 Å². The van der Waals surface area contributed by atoms with Gasteiger partial charge in [-0.15, -0.1) is 0 Å². The summed E-state index contributed by atoms with van der Waals surface area (Å²) in [6, 6.07) is 15.9. The molecule has 1 saturated heterocycles. The SMILES string of the molecule is O=C(c1cccc(Br)c1)N1CCC(Cn2cnc3ccccc32)CC1. The minimum absolute atomic E-state index is 0.132. The number of likely N-dealkylation sites (tertiary alicyclic amines) is 1. The zero-order chi connectivity index (χ0) is 17.2. The van der Waals surface area contributed by atoms with Gasteiger partial charge < -0.3 is 9.47 Å². The fourth-order valence-electron chi connectivity index (χ4n) is 3.56. The van der Waals surface area contributed by atoms with Crippen molar-refractivity contribution in [2.45, 2.75) is 19.4 Å². The number of nitrogens with zero attached hydrogens (tertiary/aromatic N) is 3. The summed E-state index contributed by atoms with van der Waals surface area (Å²) >= 11 is 3.44. The molecule has 1 aliphatic rings. The maximum Gasteiger partial charge on any atom is 0.253 e. The third kappa shape index (κ3) is 3.47.